The molecule has 0 bridgehead atoms. The molecule has 0 fully saturated rings. The number of carbonyl (C=O) groups is 2. The van der Waals surface area contributed by atoms with Crippen LogP contribution in [0.2, 0.25) is 0 Å². The smallest absolute Gasteiger partial charge is 0.354 e. The molecule has 0 heterocycles. The van der Waals surface area contributed by atoms with Crippen LogP contribution in [0.15, 0.2) is 5.16 Å². The zero-order valence-corrected chi connectivity index (χ0v) is 10.9. The van der Waals surface area contributed by atoms with E-state index in [-0.39, 0.29) is 17.4 Å². The van der Waals surface area contributed by atoms with E-state index in [1.165, 1.54) is 14.0 Å². The molecule has 2 unspecified atom stereocenters. The van der Waals surface area contributed by atoms with Gasteiger partial charge in [0.1, 0.15) is 12.9 Å². The van der Waals surface area contributed by atoms with Gasteiger partial charge >= 0.3 is 5.97 Å². The van der Waals surface area contributed by atoms with E-state index in [0.29, 0.717) is 6.42 Å². The Morgan fingerprint density at radius 2 is 2.00 bits per heavy atom. The van der Waals surface area contributed by atoms with Gasteiger partial charge in [0.15, 0.2) is 5.71 Å². The van der Waals surface area contributed by atoms with Gasteiger partial charge < -0.3 is 9.94 Å². The van der Waals surface area contributed by atoms with Crippen molar-refractivity contribution < 1.29 is 19.5 Å². The van der Waals surface area contributed by atoms with E-state index in [0.717, 1.165) is 12.8 Å². The standard InChI is InChI=1S/C12H21NO4/c1-5-6-8(2)7-10(9(3)14)11(12(15)16)13-17-4/h8,10H,5-7H2,1-4H3,(H,15,16). The minimum atomic E-state index is -1.20. The lowest BCUT2D eigenvalue weighted by atomic mass is 9.87. The van der Waals surface area contributed by atoms with Crippen LogP contribution in [0, 0.1) is 11.8 Å². The monoisotopic (exact) mass is 243 g/mol. The molecule has 98 valence electrons. The van der Waals surface area contributed by atoms with Crippen molar-refractivity contribution in [3.63, 3.8) is 0 Å². The molecule has 0 aliphatic heterocycles. The number of carbonyl (C=O) groups excluding carboxylic acids is 1. The summed E-state index contributed by atoms with van der Waals surface area (Å²) in [6.07, 6.45) is 2.47. The molecule has 5 nitrogen and oxygen atoms in total. The van der Waals surface area contributed by atoms with Gasteiger partial charge in [-0.25, -0.2) is 4.79 Å². The fourth-order valence-electron chi connectivity index (χ4n) is 1.83. The van der Waals surface area contributed by atoms with Crippen LogP contribution in [-0.4, -0.2) is 29.7 Å². The van der Waals surface area contributed by atoms with Gasteiger partial charge in [-0.1, -0.05) is 31.8 Å². The molecule has 0 aromatic carbocycles. The average molecular weight is 243 g/mol. The SMILES string of the molecule is CCCC(C)CC(C(C)=O)C(=NOC)C(=O)O. The maximum absolute atomic E-state index is 11.5. The van der Waals surface area contributed by atoms with Gasteiger partial charge in [0, 0.05) is 0 Å². The third-order valence-electron chi connectivity index (χ3n) is 2.65. The third kappa shape index (κ3) is 5.47. The Kier molecular flexibility index (Phi) is 7.18. The van der Waals surface area contributed by atoms with E-state index in [1.807, 2.05) is 6.92 Å². The number of oxime groups is 1. The van der Waals surface area contributed by atoms with Gasteiger partial charge in [0.2, 0.25) is 0 Å². The maximum Gasteiger partial charge on any atom is 0.354 e. The highest BCUT2D eigenvalue weighted by Crippen LogP contribution is 2.19. The molecule has 2 atom stereocenters. The van der Waals surface area contributed by atoms with Crippen molar-refractivity contribution in [2.45, 2.75) is 40.0 Å². The number of aliphatic carboxylic acids is 1. The first-order valence-electron chi connectivity index (χ1n) is 5.78. The summed E-state index contributed by atoms with van der Waals surface area (Å²) in [5.41, 5.74) is -0.206. The molecule has 0 amide bonds. The molecule has 0 aromatic heterocycles. The Bertz CT molecular complexity index is 299. The molecule has 0 radical (unpaired) electrons. The quantitative estimate of drug-likeness (QED) is 0.523. The van der Waals surface area contributed by atoms with Gasteiger partial charge in [-0.15, -0.1) is 0 Å². The van der Waals surface area contributed by atoms with Crippen LogP contribution < -0.4 is 0 Å². The zero-order chi connectivity index (χ0) is 13.4. The lowest BCUT2D eigenvalue weighted by Crippen LogP contribution is -2.30. The van der Waals surface area contributed by atoms with Crippen LogP contribution >= 0.6 is 0 Å². The fraction of sp³-hybridized carbons (Fsp3) is 0.750. The zero-order valence-electron chi connectivity index (χ0n) is 10.9. The molecule has 1 N–H and O–H groups in total. The normalized spacial score (nSPS) is 15.2. The summed E-state index contributed by atoms with van der Waals surface area (Å²) in [5, 5.41) is 12.5. The van der Waals surface area contributed by atoms with Crippen LogP contribution in [0.5, 0.6) is 0 Å². The Labute approximate surface area is 102 Å². The highest BCUT2D eigenvalue weighted by atomic mass is 16.6. The number of nitrogens with zero attached hydrogens (tertiary/aromatic N) is 1. The second-order valence-electron chi connectivity index (χ2n) is 4.26. The highest BCUT2D eigenvalue weighted by molar-refractivity contribution is 6.40. The number of Topliss-reactive ketones (excluding diaryl/α,β-unsaturated/α-hetero) is 1. The minimum absolute atomic E-state index is 0.189. The van der Waals surface area contributed by atoms with Crippen molar-refractivity contribution in [2.75, 3.05) is 7.11 Å². The maximum atomic E-state index is 11.5. The van der Waals surface area contributed by atoms with Crippen molar-refractivity contribution >= 4 is 17.5 Å². The van der Waals surface area contributed by atoms with Crippen LogP contribution in [-0.2, 0) is 14.4 Å². The molecule has 17 heavy (non-hydrogen) atoms. The minimum Gasteiger partial charge on any atom is -0.477 e. The first-order valence-corrected chi connectivity index (χ1v) is 5.78. The van der Waals surface area contributed by atoms with Gasteiger partial charge in [-0.3, -0.25) is 4.79 Å². The molecule has 0 aliphatic carbocycles. The lowest BCUT2D eigenvalue weighted by molar-refractivity contribution is -0.131. The van der Waals surface area contributed by atoms with Crippen LogP contribution in [0.4, 0.5) is 0 Å². The van der Waals surface area contributed by atoms with E-state index >= 15 is 0 Å². The summed E-state index contributed by atoms with van der Waals surface area (Å²) in [6, 6.07) is 0. The molecule has 0 rings (SSSR count). The van der Waals surface area contributed by atoms with Gasteiger partial charge in [-0.2, -0.15) is 0 Å². The van der Waals surface area contributed by atoms with Crippen molar-refractivity contribution in [1.82, 2.24) is 0 Å². The van der Waals surface area contributed by atoms with E-state index in [2.05, 4.69) is 16.9 Å². The molecular weight excluding hydrogens is 222 g/mol. The van der Waals surface area contributed by atoms with Crippen molar-refractivity contribution in [1.29, 1.82) is 0 Å². The lowest BCUT2D eigenvalue weighted by Gasteiger charge is -2.17. The summed E-state index contributed by atoms with van der Waals surface area (Å²) in [4.78, 5) is 27.0. The molecule has 0 saturated carbocycles. The number of hydrogen-bond acceptors (Lipinski definition) is 4. The average Bonchev–Trinajstić information content (AvgIpc) is 2.22. The fourth-order valence-corrected chi connectivity index (χ4v) is 1.83. The largest absolute Gasteiger partial charge is 0.477 e. The van der Waals surface area contributed by atoms with Crippen molar-refractivity contribution in [3.05, 3.63) is 0 Å². The van der Waals surface area contributed by atoms with Crippen molar-refractivity contribution in [3.8, 4) is 0 Å². The second-order valence-corrected chi connectivity index (χ2v) is 4.26. The number of carboxylic acid groups (broad SMARTS) is 1. The van der Waals surface area contributed by atoms with Crippen LogP contribution in [0.3, 0.4) is 0 Å². The molecule has 0 aromatic rings. The molecule has 5 heteroatoms. The van der Waals surface area contributed by atoms with E-state index in [4.69, 9.17) is 5.11 Å². The number of ketones is 1. The first-order chi connectivity index (χ1) is 7.93. The number of carboxylic acids is 1. The molecule has 0 saturated heterocycles. The van der Waals surface area contributed by atoms with E-state index < -0.39 is 11.9 Å². The predicted molar refractivity (Wildman–Crippen MR) is 64.9 cm³/mol. The Morgan fingerprint density at radius 3 is 2.35 bits per heavy atom. The van der Waals surface area contributed by atoms with Crippen LogP contribution in [0.1, 0.15) is 40.0 Å². The van der Waals surface area contributed by atoms with Gasteiger partial charge in [0.05, 0.1) is 5.92 Å². The van der Waals surface area contributed by atoms with Crippen molar-refractivity contribution in [2.24, 2.45) is 17.0 Å². The topological polar surface area (TPSA) is 76.0 Å². The summed E-state index contributed by atoms with van der Waals surface area (Å²) in [7, 11) is 1.27. The Hall–Kier alpha value is -1.39. The predicted octanol–water partition coefficient (Wildman–Crippen LogP) is 2.10. The van der Waals surface area contributed by atoms with E-state index in [1.54, 1.807) is 0 Å². The molecular formula is C12H21NO4. The first kappa shape index (κ1) is 15.6. The van der Waals surface area contributed by atoms with Crippen LogP contribution in [0.25, 0.3) is 0 Å². The number of rotatable bonds is 8. The molecule has 0 aliphatic rings. The third-order valence-corrected chi connectivity index (χ3v) is 2.65. The Morgan fingerprint density at radius 1 is 1.41 bits per heavy atom. The highest BCUT2D eigenvalue weighted by Gasteiger charge is 2.28. The van der Waals surface area contributed by atoms with E-state index in [9.17, 15) is 9.59 Å². The summed E-state index contributed by atoms with van der Waals surface area (Å²) >= 11 is 0. The molecule has 0 spiro atoms. The Balaban J connectivity index is 4.88. The summed E-state index contributed by atoms with van der Waals surface area (Å²) in [6.45, 7) is 5.45. The second kappa shape index (κ2) is 7.81. The number of hydrogen-bond donors (Lipinski definition) is 1. The van der Waals surface area contributed by atoms with Gasteiger partial charge in [0.25, 0.3) is 0 Å². The summed E-state index contributed by atoms with van der Waals surface area (Å²) in [5.74, 6) is -1.79. The van der Waals surface area contributed by atoms with Gasteiger partial charge in [-0.05, 0) is 19.3 Å². The summed E-state index contributed by atoms with van der Waals surface area (Å²) < 4.78 is 0.